The number of hydrogen-bond acceptors (Lipinski definition) is 5. The van der Waals surface area contributed by atoms with Crippen LogP contribution in [-0.2, 0) is 0 Å². The highest BCUT2D eigenvalue weighted by Gasteiger charge is 2.18. The lowest BCUT2D eigenvalue weighted by molar-refractivity contribution is -0.384. The molecule has 6 nitrogen and oxygen atoms in total. The number of amides is 1. The number of rotatable bonds is 5. The highest BCUT2D eigenvalue weighted by atomic mass is 79.9. The minimum atomic E-state index is -0.435. The molecule has 0 saturated carbocycles. The lowest BCUT2D eigenvalue weighted by Crippen LogP contribution is -2.12. The predicted molar refractivity (Wildman–Crippen MR) is 126 cm³/mol. The molecule has 0 aliphatic carbocycles. The number of anilines is 1. The molecule has 0 aliphatic rings. The fourth-order valence-electron chi connectivity index (χ4n) is 3.02. The third-order valence-electron chi connectivity index (χ3n) is 4.63. The first kappa shape index (κ1) is 20.9. The van der Waals surface area contributed by atoms with Gasteiger partial charge in [-0.25, -0.2) is 4.98 Å². The molecule has 1 heterocycles. The lowest BCUT2D eigenvalue weighted by atomic mass is 10.1. The van der Waals surface area contributed by atoms with Gasteiger partial charge in [-0.3, -0.25) is 20.2 Å². The maximum atomic E-state index is 12.7. The van der Waals surface area contributed by atoms with Crippen molar-refractivity contribution in [3.05, 3.63) is 98.5 Å². The summed E-state index contributed by atoms with van der Waals surface area (Å²) in [4.78, 5) is 28.8. The van der Waals surface area contributed by atoms with Crippen LogP contribution in [0.1, 0.15) is 15.9 Å². The zero-order valence-corrected chi connectivity index (χ0v) is 18.7. The summed E-state index contributed by atoms with van der Waals surface area (Å²) >= 11 is 4.76. The molecule has 1 amide bonds. The third-order valence-corrected chi connectivity index (χ3v) is 6.34. The second kappa shape index (κ2) is 8.79. The fourth-order valence-corrected chi connectivity index (χ4v) is 4.47. The summed E-state index contributed by atoms with van der Waals surface area (Å²) < 4.78 is 0.693. The van der Waals surface area contributed by atoms with E-state index in [9.17, 15) is 14.9 Å². The van der Waals surface area contributed by atoms with Crippen LogP contribution in [0.5, 0.6) is 0 Å². The van der Waals surface area contributed by atoms with Gasteiger partial charge in [-0.05, 0) is 52.7 Å². The van der Waals surface area contributed by atoms with Gasteiger partial charge in [0.2, 0.25) is 0 Å². The van der Waals surface area contributed by atoms with E-state index < -0.39 is 4.92 Å². The summed E-state index contributed by atoms with van der Waals surface area (Å²) in [5.74, 6) is -0.271. The Kier molecular flexibility index (Phi) is 5.92. The van der Waals surface area contributed by atoms with Crippen molar-refractivity contribution in [1.82, 2.24) is 4.98 Å². The zero-order valence-electron chi connectivity index (χ0n) is 16.3. The number of nitrogens with zero attached hydrogens (tertiary/aromatic N) is 2. The Bertz CT molecular complexity index is 1270. The Morgan fingerprint density at radius 3 is 2.29 bits per heavy atom. The molecule has 8 heteroatoms. The SMILES string of the molecule is Cc1ccc(-c2sc(NC(=O)c3ccccc3Br)nc2-c2ccc([N+](=O)[O-])cc2)cc1. The number of nitrogens with one attached hydrogen (secondary N) is 1. The van der Waals surface area contributed by atoms with Crippen molar-refractivity contribution in [2.75, 3.05) is 5.32 Å². The van der Waals surface area contributed by atoms with Crippen molar-refractivity contribution in [1.29, 1.82) is 0 Å². The maximum Gasteiger partial charge on any atom is 0.269 e. The quantitative estimate of drug-likeness (QED) is 0.247. The van der Waals surface area contributed by atoms with Gasteiger partial charge >= 0.3 is 0 Å². The van der Waals surface area contributed by atoms with Crippen LogP contribution in [0.15, 0.2) is 77.3 Å². The Morgan fingerprint density at radius 2 is 1.65 bits per heavy atom. The molecule has 0 radical (unpaired) electrons. The number of carbonyl (C=O) groups excluding carboxylic acids is 1. The van der Waals surface area contributed by atoms with Crippen LogP contribution in [0.3, 0.4) is 0 Å². The maximum absolute atomic E-state index is 12.7. The van der Waals surface area contributed by atoms with E-state index in [1.807, 2.05) is 37.3 Å². The van der Waals surface area contributed by atoms with Gasteiger partial charge in [0.25, 0.3) is 11.6 Å². The minimum absolute atomic E-state index is 0.0123. The lowest BCUT2D eigenvalue weighted by Gasteiger charge is -2.03. The van der Waals surface area contributed by atoms with Gasteiger partial charge in [0.15, 0.2) is 5.13 Å². The number of nitro groups is 1. The van der Waals surface area contributed by atoms with Crippen molar-refractivity contribution in [3.8, 4) is 21.7 Å². The number of hydrogen-bond donors (Lipinski definition) is 1. The first-order valence-corrected chi connectivity index (χ1v) is 10.9. The van der Waals surface area contributed by atoms with Gasteiger partial charge in [-0.15, -0.1) is 0 Å². The second-order valence-corrected chi connectivity index (χ2v) is 8.65. The summed E-state index contributed by atoms with van der Waals surface area (Å²) in [5, 5.41) is 14.3. The van der Waals surface area contributed by atoms with E-state index in [-0.39, 0.29) is 11.6 Å². The fraction of sp³-hybridized carbons (Fsp3) is 0.0435. The van der Waals surface area contributed by atoms with Crippen LogP contribution in [0, 0.1) is 17.0 Å². The molecule has 31 heavy (non-hydrogen) atoms. The standard InChI is InChI=1S/C23H16BrN3O3S/c1-14-6-8-16(9-7-14)21-20(15-10-12-17(13-11-15)27(29)30)25-23(31-21)26-22(28)18-4-2-3-5-19(18)24/h2-13H,1H3,(H,25,26,28). The molecule has 4 rings (SSSR count). The molecule has 154 valence electrons. The Morgan fingerprint density at radius 1 is 1.00 bits per heavy atom. The Balaban J connectivity index is 1.75. The number of aromatic nitrogens is 1. The van der Waals surface area contributed by atoms with E-state index in [1.165, 1.54) is 23.5 Å². The highest BCUT2D eigenvalue weighted by molar-refractivity contribution is 9.10. The topological polar surface area (TPSA) is 85.1 Å². The first-order chi connectivity index (χ1) is 14.9. The van der Waals surface area contributed by atoms with Crippen LogP contribution < -0.4 is 5.32 Å². The van der Waals surface area contributed by atoms with Crippen LogP contribution >= 0.6 is 27.3 Å². The van der Waals surface area contributed by atoms with E-state index in [0.29, 0.717) is 20.9 Å². The van der Waals surface area contributed by atoms with Gasteiger partial charge in [0.1, 0.15) is 0 Å². The molecule has 0 spiro atoms. The van der Waals surface area contributed by atoms with Gasteiger partial charge in [-0.2, -0.15) is 0 Å². The summed E-state index contributed by atoms with van der Waals surface area (Å²) in [6.45, 7) is 2.01. The summed E-state index contributed by atoms with van der Waals surface area (Å²) in [7, 11) is 0. The number of nitro benzene ring substituents is 1. The number of thiazole rings is 1. The summed E-state index contributed by atoms with van der Waals surface area (Å²) in [5.41, 5.74) is 4.00. The zero-order chi connectivity index (χ0) is 22.0. The highest BCUT2D eigenvalue weighted by Crippen LogP contribution is 2.39. The van der Waals surface area contributed by atoms with Crippen molar-refractivity contribution >= 4 is 44.0 Å². The summed E-state index contributed by atoms with van der Waals surface area (Å²) in [6, 6.07) is 21.4. The minimum Gasteiger partial charge on any atom is -0.298 e. The van der Waals surface area contributed by atoms with Crippen LogP contribution in [0.25, 0.3) is 21.7 Å². The third kappa shape index (κ3) is 4.55. The van der Waals surface area contributed by atoms with Crippen LogP contribution in [0.2, 0.25) is 0 Å². The summed E-state index contributed by atoms with van der Waals surface area (Å²) in [6.07, 6.45) is 0. The predicted octanol–water partition coefficient (Wildman–Crippen LogP) is 6.71. The van der Waals surface area contributed by atoms with Crippen LogP contribution in [0.4, 0.5) is 10.8 Å². The number of carbonyl (C=O) groups is 1. The van der Waals surface area contributed by atoms with Crippen molar-refractivity contribution in [2.24, 2.45) is 0 Å². The van der Waals surface area contributed by atoms with E-state index in [2.05, 4.69) is 26.2 Å². The molecule has 0 bridgehead atoms. The molecule has 0 fully saturated rings. The van der Waals surface area contributed by atoms with Crippen LogP contribution in [-0.4, -0.2) is 15.8 Å². The van der Waals surface area contributed by atoms with Gasteiger partial charge in [0, 0.05) is 22.2 Å². The molecule has 1 aromatic heterocycles. The Labute approximate surface area is 190 Å². The molecule has 0 saturated heterocycles. The smallest absolute Gasteiger partial charge is 0.269 e. The largest absolute Gasteiger partial charge is 0.298 e. The first-order valence-electron chi connectivity index (χ1n) is 9.31. The van der Waals surface area contributed by atoms with Crippen molar-refractivity contribution in [3.63, 3.8) is 0 Å². The molecule has 0 atom stereocenters. The van der Waals surface area contributed by atoms with E-state index in [4.69, 9.17) is 0 Å². The Hall–Kier alpha value is -3.36. The number of non-ortho nitro benzene ring substituents is 1. The van der Waals surface area contributed by atoms with Gasteiger partial charge < -0.3 is 0 Å². The van der Waals surface area contributed by atoms with E-state index >= 15 is 0 Å². The molecule has 0 aliphatic heterocycles. The number of halogens is 1. The monoisotopic (exact) mass is 493 g/mol. The molecule has 1 N–H and O–H groups in total. The molecule has 0 unspecified atom stereocenters. The molecular weight excluding hydrogens is 478 g/mol. The molecular formula is C23H16BrN3O3S. The molecule has 4 aromatic rings. The van der Waals surface area contributed by atoms with Gasteiger partial charge in [0.05, 0.1) is 21.1 Å². The van der Waals surface area contributed by atoms with E-state index in [0.717, 1.165) is 21.6 Å². The normalized spacial score (nSPS) is 10.6. The average Bonchev–Trinajstić information content (AvgIpc) is 3.18. The number of aryl methyl sites for hydroxylation is 1. The van der Waals surface area contributed by atoms with E-state index in [1.54, 1.807) is 30.3 Å². The number of benzene rings is 3. The van der Waals surface area contributed by atoms with Crippen molar-refractivity contribution < 1.29 is 9.72 Å². The second-order valence-electron chi connectivity index (χ2n) is 6.80. The van der Waals surface area contributed by atoms with Crippen molar-refractivity contribution in [2.45, 2.75) is 6.92 Å². The van der Waals surface area contributed by atoms with Gasteiger partial charge in [-0.1, -0.05) is 53.3 Å². The molecule has 3 aromatic carbocycles. The average molecular weight is 494 g/mol.